The molecule has 0 aliphatic carbocycles. The van der Waals surface area contributed by atoms with E-state index in [-0.39, 0.29) is 5.91 Å². The first-order valence-corrected chi connectivity index (χ1v) is 11.1. The molecule has 1 amide bonds. The van der Waals surface area contributed by atoms with Crippen molar-refractivity contribution in [2.24, 2.45) is 0 Å². The summed E-state index contributed by atoms with van der Waals surface area (Å²) in [5.74, 6) is 0.571. The molecule has 0 radical (unpaired) electrons. The van der Waals surface area contributed by atoms with Crippen molar-refractivity contribution in [2.45, 2.75) is 58.4 Å². The number of aromatic nitrogens is 1. The third-order valence-electron chi connectivity index (χ3n) is 6.40. The molecule has 29 heavy (non-hydrogen) atoms. The van der Waals surface area contributed by atoms with Gasteiger partial charge in [0.1, 0.15) is 0 Å². The van der Waals surface area contributed by atoms with E-state index in [1.807, 2.05) is 24.0 Å². The number of carbonyl (C=O) groups excluding carboxylic acids is 1. The van der Waals surface area contributed by atoms with Crippen LogP contribution in [0.25, 0.3) is 0 Å². The van der Waals surface area contributed by atoms with Crippen LogP contribution in [0.5, 0.6) is 0 Å². The van der Waals surface area contributed by atoms with E-state index in [2.05, 4.69) is 36.1 Å². The SMILES string of the molecule is Cc1cccc(CN2CCC(c3nc(C)ccc3C(=O)N3CCCCC3)CC2)c1. The number of pyridine rings is 1. The van der Waals surface area contributed by atoms with Gasteiger partial charge in [-0.1, -0.05) is 29.8 Å². The average Bonchev–Trinajstić information content (AvgIpc) is 2.74. The highest BCUT2D eigenvalue weighted by molar-refractivity contribution is 5.95. The van der Waals surface area contributed by atoms with Crippen molar-refractivity contribution in [3.8, 4) is 0 Å². The lowest BCUT2D eigenvalue weighted by Crippen LogP contribution is -2.37. The van der Waals surface area contributed by atoms with Crippen LogP contribution in [0.15, 0.2) is 36.4 Å². The predicted molar refractivity (Wildman–Crippen MR) is 117 cm³/mol. The van der Waals surface area contributed by atoms with Crippen LogP contribution >= 0.6 is 0 Å². The molecule has 0 N–H and O–H groups in total. The molecule has 4 nitrogen and oxygen atoms in total. The lowest BCUT2D eigenvalue weighted by Gasteiger charge is -2.33. The van der Waals surface area contributed by atoms with Crippen LogP contribution in [0.3, 0.4) is 0 Å². The van der Waals surface area contributed by atoms with E-state index < -0.39 is 0 Å². The molecular weight excluding hydrogens is 358 g/mol. The van der Waals surface area contributed by atoms with Gasteiger partial charge < -0.3 is 4.90 Å². The van der Waals surface area contributed by atoms with Gasteiger partial charge in [-0.15, -0.1) is 0 Å². The Kier molecular flexibility index (Phi) is 6.29. The maximum Gasteiger partial charge on any atom is 0.255 e. The largest absolute Gasteiger partial charge is 0.339 e. The van der Waals surface area contributed by atoms with Crippen molar-refractivity contribution in [1.29, 1.82) is 0 Å². The Balaban J connectivity index is 1.45. The Morgan fingerprint density at radius 1 is 1.00 bits per heavy atom. The first-order valence-electron chi connectivity index (χ1n) is 11.1. The van der Waals surface area contributed by atoms with Crippen LogP contribution in [-0.2, 0) is 6.54 Å². The van der Waals surface area contributed by atoms with Crippen molar-refractivity contribution in [3.05, 3.63) is 64.5 Å². The van der Waals surface area contributed by atoms with Gasteiger partial charge >= 0.3 is 0 Å². The second kappa shape index (κ2) is 9.08. The Bertz CT molecular complexity index is 849. The Morgan fingerprint density at radius 3 is 2.48 bits per heavy atom. The summed E-state index contributed by atoms with van der Waals surface area (Å²) in [6.45, 7) is 9.10. The summed E-state index contributed by atoms with van der Waals surface area (Å²) in [6, 6.07) is 12.8. The zero-order valence-electron chi connectivity index (χ0n) is 17.9. The number of benzene rings is 1. The van der Waals surface area contributed by atoms with Gasteiger partial charge in [-0.2, -0.15) is 0 Å². The number of rotatable bonds is 4. The zero-order valence-corrected chi connectivity index (χ0v) is 17.9. The molecule has 154 valence electrons. The molecule has 4 rings (SSSR count). The van der Waals surface area contributed by atoms with E-state index >= 15 is 0 Å². The molecule has 1 aromatic carbocycles. The van der Waals surface area contributed by atoms with E-state index in [4.69, 9.17) is 4.98 Å². The molecular formula is C25H33N3O. The van der Waals surface area contributed by atoms with Crippen LogP contribution in [0.4, 0.5) is 0 Å². The first kappa shape index (κ1) is 20.1. The molecule has 1 aromatic heterocycles. The van der Waals surface area contributed by atoms with Crippen LogP contribution in [0.2, 0.25) is 0 Å². The number of nitrogens with zero attached hydrogens (tertiary/aromatic N) is 3. The number of hydrogen-bond donors (Lipinski definition) is 0. The molecule has 2 aliphatic rings. The highest BCUT2D eigenvalue weighted by Crippen LogP contribution is 2.31. The average molecular weight is 392 g/mol. The van der Waals surface area contributed by atoms with Crippen molar-refractivity contribution in [3.63, 3.8) is 0 Å². The molecule has 0 saturated carbocycles. The van der Waals surface area contributed by atoms with Gasteiger partial charge in [0.05, 0.1) is 11.3 Å². The maximum atomic E-state index is 13.2. The number of hydrogen-bond acceptors (Lipinski definition) is 3. The van der Waals surface area contributed by atoms with Crippen LogP contribution < -0.4 is 0 Å². The summed E-state index contributed by atoms with van der Waals surface area (Å²) < 4.78 is 0. The second-order valence-corrected chi connectivity index (χ2v) is 8.78. The van der Waals surface area contributed by atoms with Gasteiger partial charge in [-0.25, -0.2) is 0 Å². The van der Waals surface area contributed by atoms with E-state index in [1.54, 1.807) is 0 Å². The van der Waals surface area contributed by atoms with E-state index in [0.29, 0.717) is 5.92 Å². The van der Waals surface area contributed by atoms with Gasteiger partial charge in [0.15, 0.2) is 0 Å². The molecule has 0 unspecified atom stereocenters. The van der Waals surface area contributed by atoms with E-state index in [9.17, 15) is 4.79 Å². The number of likely N-dealkylation sites (tertiary alicyclic amines) is 2. The molecule has 2 aromatic rings. The van der Waals surface area contributed by atoms with Crippen molar-refractivity contribution in [2.75, 3.05) is 26.2 Å². The highest BCUT2D eigenvalue weighted by atomic mass is 16.2. The summed E-state index contributed by atoms with van der Waals surface area (Å²) in [7, 11) is 0. The Hall–Kier alpha value is -2.20. The third-order valence-corrected chi connectivity index (χ3v) is 6.40. The molecule has 3 heterocycles. The highest BCUT2D eigenvalue weighted by Gasteiger charge is 2.28. The molecule has 2 saturated heterocycles. The third kappa shape index (κ3) is 4.87. The van der Waals surface area contributed by atoms with E-state index in [0.717, 1.165) is 75.4 Å². The van der Waals surface area contributed by atoms with Gasteiger partial charge in [0, 0.05) is 31.2 Å². The fourth-order valence-corrected chi connectivity index (χ4v) is 4.77. The predicted octanol–water partition coefficient (Wildman–Crippen LogP) is 4.70. The fraction of sp³-hybridized carbons (Fsp3) is 0.520. The summed E-state index contributed by atoms with van der Waals surface area (Å²) >= 11 is 0. The normalized spacial score (nSPS) is 18.8. The quantitative estimate of drug-likeness (QED) is 0.758. The summed E-state index contributed by atoms with van der Waals surface area (Å²) in [5.41, 5.74) is 5.60. The lowest BCUT2D eigenvalue weighted by atomic mass is 9.89. The standard InChI is InChI=1S/C25H33N3O/c1-19-7-6-8-21(17-19)18-27-15-11-22(12-16-27)24-23(10-9-20(2)26-24)25(29)28-13-4-3-5-14-28/h6-10,17,22H,3-5,11-16,18H2,1-2H3. The van der Waals surface area contributed by atoms with Crippen molar-refractivity contribution < 1.29 is 4.79 Å². The molecule has 0 atom stereocenters. The maximum absolute atomic E-state index is 13.2. The summed E-state index contributed by atoms with van der Waals surface area (Å²) in [5, 5.41) is 0. The number of amides is 1. The minimum Gasteiger partial charge on any atom is -0.339 e. The summed E-state index contributed by atoms with van der Waals surface area (Å²) in [4.78, 5) is 22.6. The molecule has 2 fully saturated rings. The first-order chi connectivity index (χ1) is 14.1. The van der Waals surface area contributed by atoms with Gasteiger partial charge in [0.2, 0.25) is 0 Å². The van der Waals surface area contributed by atoms with Gasteiger partial charge in [-0.05, 0) is 76.7 Å². The van der Waals surface area contributed by atoms with Crippen molar-refractivity contribution in [1.82, 2.24) is 14.8 Å². The lowest BCUT2D eigenvalue weighted by molar-refractivity contribution is 0.0721. The monoisotopic (exact) mass is 391 g/mol. The topological polar surface area (TPSA) is 36.4 Å². The molecule has 4 heteroatoms. The van der Waals surface area contributed by atoms with Crippen LogP contribution in [-0.4, -0.2) is 46.9 Å². The van der Waals surface area contributed by atoms with Gasteiger partial charge in [0.25, 0.3) is 5.91 Å². The number of carbonyl (C=O) groups is 1. The zero-order chi connectivity index (χ0) is 20.2. The Morgan fingerprint density at radius 2 is 1.76 bits per heavy atom. The van der Waals surface area contributed by atoms with E-state index in [1.165, 1.54) is 17.5 Å². The minimum absolute atomic E-state index is 0.189. The summed E-state index contributed by atoms with van der Waals surface area (Å²) in [6.07, 6.45) is 5.63. The fourth-order valence-electron chi connectivity index (χ4n) is 4.77. The Labute approximate surface area is 174 Å². The molecule has 2 aliphatic heterocycles. The molecule has 0 bridgehead atoms. The second-order valence-electron chi connectivity index (χ2n) is 8.78. The number of piperidine rings is 2. The molecule has 0 spiro atoms. The number of aryl methyl sites for hydroxylation is 2. The van der Waals surface area contributed by atoms with Crippen molar-refractivity contribution >= 4 is 5.91 Å². The van der Waals surface area contributed by atoms with Gasteiger partial charge in [-0.3, -0.25) is 14.7 Å². The van der Waals surface area contributed by atoms with Crippen LogP contribution in [0.1, 0.15) is 70.9 Å². The smallest absolute Gasteiger partial charge is 0.255 e. The minimum atomic E-state index is 0.189. The van der Waals surface area contributed by atoms with Crippen LogP contribution in [0, 0.1) is 13.8 Å².